The van der Waals surface area contributed by atoms with Gasteiger partial charge in [0.2, 0.25) is 5.78 Å². The van der Waals surface area contributed by atoms with Crippen molar-refractivity contribution < 1.29 is 0 Å². The molecule has 0 bridgehead atoms. The van der Waals surface area contributed by atoms with Crippen LogP contribution in [0, 0.1) is 0 Å². The van der Waals surface area contributed by atoms with Gasteiger partial charge in [0.1, 0.15) is 0 Å². The number of imidazole rings is 1. The summed E-state index contributed by atoms with van der Waals surface area (Å²) in [4.78, 5) is 15.3. The first kappa shape index (κ1) is 13.4. The Morgan fingerprint density at radius 1 is 1.14 bits per heavy atom. The van der Waals surface area contributed by atoms with E-state index in [0.717, 1.165) is 25.4 Å². The molecule has 1 saturated heterocycles. The van der Waals surface area contributed by atoms with Gasteiger partial charge in [-0.3, -0.25) is 14.3 Å². The van der Waals surface area contributed by atoms with E-state index in [4.69, 9.17) is 0 Å². The van der Waals surface area contributed by atoms with Crippen LogP contribution in [0.1, 0.15) is 30.0 Å². The Bertz CT molecular complexity index is 752. The number of piperidine rings is 1. The lowest BCUT2D eigenvalue weighted by Gasteiger charge is -2.33. The van der Waals surface area contributed by atoms with Crippen LogP contribution in [0.25, 0.3) is 5.78 Å². The summed E-state index contributed by atoms with van der Waals surface area (Å²) in [6, 6.07) is 6.29. The maximum Gasteiger partial charge on any atom is 0.233 e. The van der Waals surface area contributed by atoms with Crippen molar-refractivity contribution in [2.75, 3.05) is 13.1 Å². The van der Waals surface area contributed by atoms with Crippen LogP contribution in [-0.2, 0) is 6.54 Å². The van der Waals surface area contributed by atoms with Crippen molar-refractivity contribution in [1.29, 1.82) is 0 Å². The van der Waals surface area contributed by atoms with Crippen molar-refractivity contribution >= 4 is 5.78 Å². The summed E-state index contributed by atoms with van der Waals surface area (Å²) in [6.07, 6.45) is 11.9. The van der Waals surface area contributed by atoms with Crippen LogP contribution in [0.5, 0.6) is 0 Å². The first-order valence-corrected chi connectivity index (χ1v) is 7.79. The molecule has 0 radical (unpaired) electrons. The van der Waals surface area contributed by atoms with Crippen LogP contribution in [0.4, 0.5) is 0 Å². The van der Waals surface area contributed by atoms with Crippen LogP contribution in [-0.4, -0.2) is 37.3 Å². The average Bonchev–Trinajstić information content (AvgIpc) is 3.04. The first-order valence-electron chi connectivity index (χ1n) is 7.79. The number of pyridine rings is 1. The fraction of sp³-hybridized carbons (Fsp3) is 0.353. The van der Waals surface area contributed by atoms with E-state index in [1.165, 1.54) is 24.1 Å². The normalized spacial score (nSPS) is 19.5. The molecular weight excluding hydrogens is 274 g/mol. The molecule has 1 aliphatic rings. The van der Waals surface area contributed by atoms with E-state index in [-0.39, 0.29) is 0 Å². The molecule has 0 saturated carbocycles. The predicted octanol–water partition coefficient (Wildman–Crippen LogP) is 2.50. The van der Waals surface area contributed by atoms with Crippen LogP contribution in [0.3, 0.4) is 0 Å². The molecule has 4 heterocycles. The number of hydrogen-bond donors (Lipinski definition) is 0. The number of likely N-dealkylation sites (tertiary alicyclic amines) is 1. The van der Waals surface area contributed by atoms with E-state index in [2.05, 4.69) is 36.4 Å². The second-order valence-corrected chi connectivity index (χ2v) is 5.90. The second kappa shape index (κ2) is 5.85. The summed E-state index contributed by atoms with van der Waals surface area (Å²) < 4.78 is 2.12. The number of nitrogens with zero attached hydrogens (tertiary/aromatic N) is 5. The Hall–Kier alpha value is -2.27. The molecule has 3 aromatic rings. The van der Waals surface area contributed by atoms with Gasteiger partial charge < -0.3 is 0 Å². The van der Waals surface area contributed by atoms with Crippen molar-refractivity contribution in [2.45, 2.75) is 25.3 Å². The molecule has 5 nitrogen and oxygen atoms in total. The third-order valence-electron chi connectivity index (χ3n) is 4.39. The fourth-order valence-corrected chi connectivity index (χ4v) is 3.38. The smallest absolute Gasteiger partial charge is 0.233 e. The minimum atomic E-state index is 0.533. The van der Waals surface area contributed by atoms with Crippen LogP contribution in [0.2, 0.25) is 0 Å². The van der Waals surface area contributed by atoms with Gasteiger partial charge in [0, 0.05) is 55.7 Å². The molecular formula is C17H19N5. The standard InChI is InChI=1S/C17H19N5/c1-3-14(11-18-6-1)12-21-9-2-4-15(13-21)16-5-7-19-17-20-8-10-22(16)17/h1,3,5-8,10-11,15H,2,4,9,12-13H2. The Morgan fingerprint density at radius 2 is 2.09 bits per heavy atom. The molecule has 1 atom stereocenters. The molecule has 3 aromatic heterocycles. The Balaban J connectivity index is 1.55. The van der Waals surface area contributed by atoms with Gasteiger partial charge in [0.25, 0.3) is 0 Å². The minimum Gasteiger partial charge on any atom is -0.298 e. The van der Waals surface area contributed by atoms with Crippen molar-refractivity contribution in [1.82, 2.24) is 24.3 Å². The average molecular weight is 293 g/mol. The zero-order valence-electron chi connectivity index (χ0n) is 12.5. The molecule has 1 unspecified atom stereocenters. The molecule has 5 heteroatoms. The van der Waals surface area contributed by atoms with Crippen molar-refractivity contribution in [3.63, 3.8) is 0 Å². The quantitative estimate of drug-likeness (QED) is 0.744. The molecule has 22 heavy (non-hydrogen) atoms. The maximum absolute atomic E-state index is 4.31. The van der Waals surface area contributed by atoms with Crippen molar-refractivity contribution in [2.24, 2.45) is 0 Å². The topological polar surface area (TPSA) is 46.3 Å². The van der Waals surface area contributed by atoms with Gasteiger partial charge in [0.15, 0.2) is 0 Å². The SMILES string of the molecule is c1cncc(CN2CCCC(c3ccnc4nccn34)C2)c1. The van der Waals surface area contributed by atoms with Gasteiger partial charge in [-0.05, 0) is 37.1 Å². The molecule has 1 fully saturated rings. The van der Waals surface area contributed by atoms with E-state index < -0.39 is 0 Å². The van der Waals surface area contributed by atoms with E-state index in [1.54, 1.807) is 0 Å². The van der Waals surface area contributed by atoms with Crippen LogP contribution in [0.15, 0.2) is 49.2 Å². The molecule has 0 amide bonds. The van der Waals surface area contributed by atoms with E-state index in [9.17, 15) is 0 Å². The third-order valence-corrected chi connectivity index (χ3v) is 4.39. The van der Waals surface area contributed by atoms with Gasteiger partial charge >= 0.3 is 0 Å². The Kier molecular flexibility index (Phi) is 3.56. The summed E-state index contributed by atoms with van der Waals surface area (Å²) in [5, 5.41) is 0. The highest BCUT2D eigenvalue weighted by atomic mass is 15.1. The number of fused-ring (bicyclic) bond motifs is 1. The zero-order valence-corrected chi connectivity index (χ0v) is 12.5. The lowest BCUT2D eigenvalue weighted by molar-refractivity contribution is 0.198. The minimum absolute atomic E-state index is 0.533. The number of aromatic nitrogens is 4. The molecule has 112 valence electrons. The third kappa shape index (κ3) is 2.60. The molecule has 0 aromatic carbocycles. The van der Waals surface area contributed by atoms with Crippen LogP contribution >= 0.6 is 0 Å². The highest BCUT2D eigenvalue weighted by Crippen LogP contribution is 2.27. The summed E-state index contributed by atoms with van der Waals surface area (Å²) in [7, 11) is 0. The van der Waals surface area contributed by atoms with Gasteiger partial charge in [0.05, 0.1) is 0 Å². The Morgan fingerprint density at radius 3 is 3.00 bits per heavy atom. The van der Waals surface area contributed by atoms with Gasteiger partial charge in [-0.15, -0.1) is 0 Å². The van der Waals surface area contributed by atoms with Gasteiger partial charge in [-0.2, -0.15) is 0 Å². The van der Waals surface area contributed by atoms with Crippen molar-refractivity contribution in [3.8, 4) is 0 Å². The fourth-order valence-electron chi connectivity index (χ4n) is 3.38. The van der Waals surface area contributed by atoms with Crippen LogP contribution < -0.4 is 0 Å². The number of rotatable bonds is 3. The van der Waals surface area contributed by atoms with E-state index in [0.29, 0.717) is 5.92 Å². The summed E-state index contributed by atoms with van der Waals surface area (Å²) in [5.41, 5.74) is 2.60. The molecule has 0 aliphatic carbocycles. The van der Waals surface area contributed by atoms with Crippen molar-refractivity contribution in [3.05, 3.63) is 60.4 Å². The second-order valence-electron chi connectivity index (χ2n) is 5.90. The summed E-state index contributed by atoms with van der Waals surface area (Å²) in [5.74, 6) is 1.33. The Labute approximate surface area is 129 Å². The van der Waals surface area contributed by atoms with Gasteiger partial charge in [-0.25, -0.2) is 9.97 Å². The summed E-state index contributed by atoms with van der Waals surface area (Å²) in [6.45, 7) is 3.21. The number of hydrogen-bond acceptors (Lipinski definition) is 4. The molecule has 0 spiro atoms. The van der Waals surface area contributed by atoms with Gasteiger partial charge in [-0.1, -0.05) is 6.07 Å². The first-order chi connectivity index (χ1) is 10.9. The summed E-state index contributed by atoms with van der Waals surface area (Å²) >= 11 is 0. The van der Waals surface area contributed by atoms with E-state index >= 15 is 0 Å². The monoisotopic (exact) mass is 293 g/mol. The van der Waals surface area contributed by atoms with E-state index in [1.807, 2.05) is 37.1 Å². The largest absolute Gasteiger partial charge is 0.298 e. The predicted molar refractivity (Wildman–Crippen MR) is 84.5 cm³/mol. The molecule has 4 rings (SSSR count). The highest BCUT2D eigenvalue weighted by molar-refractivity contribution is 5.31. The zero-order chi connectivity index (χ0) is 14.8. The molecule has 1 aliphatic heterocycles. The molecule has 0 N–H and O–H groups in total. The maximum atomic E-state index is 4.31. The lowest BCUT2D eigenvalue weighted by Crippen LogP contribution is -2.34. The highest BCUT2D eigenvalue weighted by Gasteiger charge is 2.23. The lowest BCUT2D eigenvalue weighted by atomic mass is 9.94.